The molecule has 0 spiro atoms. The number of hydrogen-bond donors (Lipinski definition) is 0. The molecule has 3 heteroatoms. The van der Waals surface area contributed by atoms with Gasteiger partial charge in [-0.1, -0.05) is 6.92 Å². The molecule has 0 radical (unpaired) electrons. The summed E-state index contributed by atoms with van der Waals surface area (Å²) in [6.45, 7) is 2.09. The molecule has 0 aliphatic carbocycles. The molecule has 2 nitrogen and oxygen atoms in total. The van der Waals surface area contributed by atoms with Crippen LogP contribution in [-0.2, 0) is 6.42 Å². The van der Waals surface area contributed by atoms with Crippen molar-refractivity contribution < 1.29 is 9.21 Å². The van der Waals surface area contributed by atoms with Gasteiger partial charge in [0.2, 0.25) is 0 Å². The minimum atomic E-state index is 0.776. The highest BCUT2D eigenvalue weighted by Crippen LogP contribution is 2.31. The van der Waals surface area contributed by atoms with E-state index in [1.54, 1.807) is 23.9 Å². The zero-order valence-electron chi connectivity index (χ0n) is 7.82. The maximum Gasteiger partial charge on any atom is 0.160 e. The van der Waals surface area contributed by atoms with Gasteiger partial charge in [-0.3, -0.25) is 4.79 Å². The Kier molecular flexibility index (Phi) is 2.50. The van der Waals surface area contributed by atoms with Gasteiger partial charge in [-0.15, -0.1) is 11.3 Å². The quantitative estimate of drug-likeness (QED) is 0.720. The number of rotatable bonds is 3. The summed E-state index contributed by atoms with van der Waals surface area (Å²) in [5.41, 5.74) is 2.17. The van der Waals surface area contributed by atoms with Gasteiger partial charge < -0.3 is 4.42 Å². The Balaban J connectivity index is 2.51. The van der Waals surface area contributed by atoms with Gasteiger partial charge in [0.1, 0.15) is 0 Å². The summed E-state index contributed by atoms with van der Waals surface area (Å²) in [5.74, 6) is 0. The zero-order valence-corrected chi connectivity index (χ0v) is 8.64. The van der Waals surface area contributed by atoms with Crippen molar-refractivity contribution in [3.8, 4) is 11.1 Å². The second-order valence-corrected chi connectivity index (χ2v) is 4.14. The summed E-state index contributed by atoms with van der Waals surface area (Å²) in [6, 6.07) is 3.83. The van der Waals surface area contributed by atoms with Gasteiger partial charge in [-0.2, -0.15) is 0 Å². The maximum absolute atomic E-state index is 10.6. The standard InChI is InChI=1S/C11H10O2S/c1-2-11-10(5-9(6-12)14-11)8-3-4-13-7-8/h3-7H,2H2,1H3. The fourth-order valence-electron chi connectivity index (χ4n) is 1.43. The van der Waals surface area contributed by atoms with Gasteiger partial charge in [0, 0.05) is 10.4 Å². The molecular weight excluding hydrogens is 196 g/mol. The molecular formula is C11H10O2S. The number of furan rings is 1. The average molecular weight is 206 g/mol. The van der Waals surface area contributed by atoms with Crippen LogP contribution in [0.4, 0.5) is 0 Å². The Morgan fingerprint density at radius 3 is 3.00 bits per heavy atom. The minimum Gasteiger partial charge on any atom is -0.472 e. The van der Waals surface area contributed by atoms with Crippen molar-refractivity contribution in [2.45, 2.75) is 13.3 Å². The number of thiophene rings is 1. The highest BCUT2D eigenvalue weighted by molar-refractivity contribution is 7.14. The van der Waals surface area contributed by atoms with Crippen LogP contribution in [0.15, 0.2) is 29.1 Å². The molecule has 0 unspecified atom stereocenters. The maximum atomic E-state index is 10.6. The number of carbonyl (C=O) groups excluding carboxylic acids is 1. The summed E-state index contributed by atoms with van der Waals surface area (Å²) < 4.78 is 5.03. The molecule has 0 atom stereocenters. The van der Waals surface area contributed by atoms with Crippen LogP contribution in [0.25, 0.3) is 11.1 Å². The van der Waals surface area contributed by atoms with Gasteiger partial charge in [-0.05, 0) is 24.1 Å². The third-order valence-corrected chi connectivity index (χ3v) is 3.30. The average Bonchev–Trinajstić information content (AvgIpc) is 2.85. The Morgan fingerprint density at radius 1 is 1.57 bits per heavy atom. The molecule has 0 aliphatic rings. The molecule has 0 aliphatic heterocycles. The fourth-order valence-corrected chi connectivity index (χ4v) is 2.37. The second-order valence-electron chi connectivity index (χ2n) is 2.97. The number of hydrogen-bond acceptors (Lipinski definition) is 3. The first-order chi connectivity index (χ1) is 6.85. The molecule has 0 amide bonds. The predicted molar refractivity (Wildman–Crippen MR) is 56.8 cm³/mol. The lowest BCUT2D eigenvalue weighted by Crippen LogP contribution is -1.76. The van der Waals surface area contributed by atoms with Crippen molar-refractivity contribution in [2.24, 2.45) is 0 Å². The van der Waals surface area contributed by atoms with Crippen LogP contribution in [0.2, 0.25) is 0 Å². The van der Waals surface area contributed by atoms with Crippen LogP contribution in [0.3, 0.4) is 0 Å². The molecule has 2 aromatic rings. The summed E-state index contributed by atoms with van der Waals surface area (Å²) >= 11 is 1.55. The summed E-state index contributed by atoms with van der Waals surface area (Å²) in [5, 5.41) is 0. The van der Waals surface area contributed by atoms with Crippen LogP contribution in [0.1, 0.15) is 21.5 Å². The third kappa shape index (κ3) is 1.51. The number of carbonyl (C=O) groups is 1. The van der Waals surface area contributed by atoms with E-state index in [1.807, 2.05) is 12.1 Å². The second kappa shape index (κ2) is 3.80. The molecule has 0 fully saturated rings. The Bertz CT molecular complexity index is 426. The van der Waals surface area contributed by atoms with E-state index in [0.29, 0.717) is 0 Å². The smallest absolute Gasteiger partial charge is 0.160 e. The van der Waals surface area contributed by atoms with Gasteiger partial charge in [0.15, 0.2) is 6.29 Å². The zero-order chi connectivity index (χ0) is 9.97. The van der Waals surface area contributed by atoms with E-state index in [2.05, 4.69) is 6.92 Å². The molecule has 72 valence electrons. The van der Waals surface area contributed by atoms with Crippen LogP contribution < -0.4 is 0 Å². The van der Waals surface area contributed by atoms with E-state index < -0.39 is 0 Å². The van der Waals surface area contributed by atoms with Crippen LogP contribution in [-0.4, -0.2) is 6.29 Å². The number of aldehydes is 1. The highest BCUT2D eigenvalue weighted by atomic mass is 32.1. The molecule has 2 heterocycles. The molecule has 0 bridgehead atoms. The first kappa shape index (κ1) is 9.21. The van der Waals surface area contributed by atoms with Gasteiger partial charge >= 0.3 is 0 Å². The van der Waals surface area contributed by atoms with Crippen molar-refractivity contribution in [1.82, 2.24) is 0 Å². The Hall–Kier alpha value is -1.35. The molecule has 0 saturated heterocycles. The molecule has 14 heavy (non-hydrogen) atoms. The summed E-state index contributed by atoms with van der Waals surface area (Å²) in [4.78, 5) is 12.7. The van der Waals surface area contributed by atoms with E-state index >= 15 is 0 Å². The molecule has 2 aromatic heterocycles. The molecule has 2 rings (SSSR count). The molecule has 0 aromatic carbocycles. The van der Waals surface area contributed by atoms with Crippen molar-refractivity contribution >= 4 is 17.6 Å². The van der Waals surface area contributed by atoms with Crippen molar-refractivity contribution in [2.75, 3.05) is 0 Å². The van der Waals surface area contributed by atoms with Gasteiger partial charge in [0.25, 0.3) is 0 Å². The van der Waals surface area contributed by atoms with E-state index in [9.17, 15) is 4.79 Å². The Labute approximate surface area is 86.2 Å². The van der Waals surface area contributed by atoms with Gasteiger partial charge in [-0.25, -0.2) is 0 Å². The van der Waals surface area contributed by atoms with Crippen molar-refractivity contribution in [1.29, 1.82) is 0 Å². The Morgan fingerprint density at radius 2 is 2.43 bits per heavy atom. The monoisotopic (exact) mass is 206 g/mol. The molecule has 0 saturated carbocycles. The van der Waals surface area contributed by atoms with E-state index in [4.69, 9.17) is 4.42 Å². The first-order valence-corrected chi connectivity index (χ1v) is 5.27. The topological polar surface area (TPSA) is 30.2 Å². The van der Waals surface area contributed by atoms with E-state index in [-0.39, 0.29) is 0 Å². The SMILES string of the molecule is CCc1sc(C=O)cc1-c1ccoc1. The number of aryl methyl sites for hydroxylation is 1. The highest BCUT2D eigenvalue weighted by Gasteiger charge is 2.09. The van der Waals surface area contributed by atoms with Crippen molar-refractivity contribution in [3.63, 3.8) is 0 Å². The largest absolute Gasteiger partial charge is 0.472 e. The lowest BCUT2D eigenvalue weighted by Gasteiger charge is -1.95. The first-order valence-electron chi connectivity index (χ1n) is 4.45. The predicted octanol–water partition coefficient (Wildman–Crippen LogP) is 3.38. The van der Waals surface area contributed by atoms with Crippen LogP contribution >= 0.6 is 11.3 Å². The van der Waals surface area contributed by atoms with Crippen LogP contribution in [0.5, 0.6) is 0 Å². The lowest BCUT2D eigenvalue weighted by atomic mass is 10.1. The van der Waals surface area contributed by atoms with E-state index in [0.717, 1.165) is 28.7 Å². The van der Waals surface area contributed by atoms with Crippen LogP contribution in [0, 0.1) is 0 Å². The van der Waals surface area contributed by atoms with Gasteiger partial charge in [0.05, 0.1) is 17.4 Å². The third-order valence-electron chi connectivity index (χ3n) is 2.10. The van der Waals surface area contributed by atoms with Crippen molar-refractivity contribution in [3.05, 3.63) is 34.4 Å². The fraction of sp³-hybridized carbons (Fsp3) is 0.182. The van der Waals surface area contributed by atoms with E-state index in [1.165, 1.54) is 4.88 Å². The lowest BCUT2D eigenvalue weighted by molar-refractivity contribution is 0.112. The minimum absolute atomic E-state index is 0.776. The molecule has 0 N–H and O–H groups in total. The normalized spacial score (nSPS) is 10.4. The summed E-state index contributed by atoms with van der Waals surface area (Å²) in [6.07, 6.45) is 5.19. The summed E-state index contributed by atoms with van der Waals surface area (Å²) in [7, 11) is 0.